The number of thiol groups is 1. The van der Waals surface area contributed by atoms with E-state index >= 15 is 0 Å². The van der Waals surface area contributed by atoms with Gasteiger partial charge in [0.2, 0.25) is 0 Å². The molecule has 1 saturated heterocycles. The quantitative estimate of drug-likeness (QED) is 0.583. The van der Waals surface area contributed by atoms with Crippen molar-refractivity contribution < 1.29 is 5.11 Å². The Morgan fingerprint density at radius 3 is 2.55 bits per heavy atom. The van der Waals surface area contributed by atoms with Gasteiger partial charge < -0.3 is 5.11 Å². The summed E-state index contributed by atoms with van der Waals surface area (Å²) in [7, 11) is 0. The zero-order valence-corrected chi connectivity index (χ0v) is 8.14. The summed E-state index contributed by atoms with van der Waals surface area (Å²) in [4.78, 5) is 2.13. The minimum atomic E-state index is -0.143. The first kappa shape index (κ1) is 9.36. The van der Waals surface area contributed by atoms with Crippen molar-refractivity contribution in [1.82, 2.24) is 4.90 Å². The van der Waals surface area contributed by atoms with E-state index in [4.69, 9.17) is 0 Å². The van der Waals surface area contributed by atoms with Crippen LogP contribution in [-0.2, 0) is 0 Å². The number of hydrogen-bond acceptors (Lipinski definition) is 3. The molecule has 1 fully saturated rings. The summed E-state index contributed by atoms with van der Waals surface area (Å²) in [6, 6.07) is 0. The Hall–Kier alpha value is 0.270. The second-order valence-corrected chi connectivity index (χ2v) is 4.83. The average Bonchev–Trinajstić information content (AvgIpc) is 1.86. The van der Waals surface area contributed by atoms with Crippen molar-refractivity contribution in [3.63, 3.8) is 0 Å². The summed E-state index contributed by atoms with van der Waals surface area (Å²) in [6.07, 6.45) is 1.89. The molecule has 1 atom stereocenters. The molecule has 0 bridgehead atoms. The third-order valence-corrected chi connectivity index (χ3v) is 2.45. The van der Waals surface area contributed by atoms with Gasteiger partial charge in [-0.25, -0.2) is 0 Å². The molecule has 3 heteroatoms. The Labute approximate surface area is 74.0 Å². The maximum absolute atomic E-state index is 9.37. The Morgan fingerprint density at radius 2 is 2.18 bits per heavy atom. The van der Waals surface area contributed by atoms with Crippen LogP contribution in [-0.4, -0.2) is 34.1 Å². The molecular weight excluding hydrogens is 158 g/mol. The summed E-state index contributed by atoms with van der Waals surface area (Å²) in [5, 5.41) is 9.37. The van der Waals surface area contributed by atoms with Crippen molar-refractivity contribution in [3.05, 3.63) is 0 Å². The van der Waals surface area contributed by atoms with Crippen molar-refractivity contribution in [3.8, 4) is 0 Å². The van der Waals surface area contributed by atoms with E-state index in [0.29, 0.717) is 0 Å². The van der Waals surface area contributed by atoms with Crippen LogP contribution in [0.1, 0.15) is 26.7 Å². The number of rotatable bonds is 1. The normalized spacial score (nSPS) is 28.9. The van der Waals surface area contributed by atoms with Gasteiger partial charge in [0.1, 0.15) is 0 Å². The molecule has 0 aromatic heterocycles. The Kier molecular flexibility index (Phi) is 2.84. The molecule has 1 N–H and O–H groups in total. The van der Waals surface area contributed by atoms with E-state index in [9.17, 15) is 5.11 Å². The first-order chi connectivity index (χ1) is 5.00. The van der Waals surface area contributed by atoms with E-state index in [1.807, 2.05) is 0 Å². The highest BCUT2D eigenvalue weighted by atomic mass is 32.1. The van der Waals surface area contributed by atoms with Gasteiger partial charge in [-0.05, 0) is 33.2 Å². The molecule has 11 heavy (non-hydrogen) atoms. The molecule has 0 aromatic rings. The first-order valence-electron chi connectivity index (χ1n) is 4.15. The molecule has 0 aliphatic carbocycles. The van der Waals surface area contributed by atoms with Crippen LogP contribution in [0.4, 0.5) is 0 Å². The van der Waals surface area contributed by atoms with Gasteiger partial charge in [0, 0.05) is 6.54 Å². The van der Waals surface area contributed by atoms with Crippen molar-refractivity contribution in [2.45, 2.75) is 37.7 Å². The number of hydrogen-bond donors (Lipinski definition) is 2. The zero-order chi connectivity index (χ0) is 8.48. The van der Waals surface area contributed by atoms with Crippen molar-refractivity contribution in [2.75, 3.05) is 13.1 Å². The second kappa shape index (κ2) is 3.33. The molecule has 0 amide bonds. The third-order valence-electron chi connectivity index (χ3n) is 2.17. The molecule has 1 aliphatic rings. The molecule has 0 saturated carbocycles. The predicted molar refractivity (Wildman–Crippen MR) is 49.9 cm³/mol. The number of aliphatic hydroxyl groups is 1. The molecule has 2 nitrogen and oxygen atoms in total. The van der Waals surface area contributed by atoms with Gasteiger partial charge in [-0.1, -0.05) is 0 Å². The maximum Gasteiger partial charge on any atom is 0.0668 e. The van der Waals surface area contributed by atoms with E-state index < -0.39 is 0 Å². The standard InChI is InChI=1S/C8H17NOS/c1-8(2,11)9-5-3-4-7(10)6-9/h7,10-11H,3-6H2,1-2H3. The van der Waals surface area contributed by atoms with Crippen molar-refractivity contribution in [1.29, 1.82) is 0 Å². The summed E-state index contributed by atoms with van der Waals surface area (Å²) < 4.78 is 0. The number of aliphatic hydroxyl groups excluding tert-OH is 1. The lowest BCUT2D eigenvalue weighted by Gasteiger charge is -2.39. The molecule has 1 heterocycles. The van der Waals surface area contributed by atoms with E-state index in [0.717, 1.165) is 25.9 Å². The lowest BCUT2D eigenvalue weighted by molar-refractivity contribution is 0.0462. The second-order valence-electron chi connectivity index (χ2n) is 3.74. The predicted octanol–water partition coefficient (Wildman–Crippen LogP) is 1.11. The first-order valence-corrected chi connectivity index (χ1v) is 4.60. The van der Waals surface area contributed by atoms with Gasteiger partial charge >= 0.3 is 0 Å². The highest BCUT2D eigenvalue weighted by molar-refractivity contribution is 7.81. The molecule has 1 rings (SSSR count). The average molecular weight is 175 g/mol. The number of piperidine rings is 1. The molecule has 0 aromatic carbocycles. The third kappa shape index (κ3) is 2.65. The highest BCUT2D eigenvalue weighted by Gasteiger charge is 2.27. The summed E-state index contributed by atoms with van der Waals surface area (Å²) in [5.74, 6) is 0. The van der Waals surface area contributed by atoms with Gasteiger partial charge in [0.15, 0.2) is 0 Å². The van der Waals surface area contributed by atoms with Crippen LogP contribution >= 0.6 is 12.6 Å². The molecule has 0 spiro atoms. The van der Waals surface area contributed by atoms with E-state index in [2.05, 4.69) is 31.4 Å². The van der Waals surface area contributed by atoms with Gasteiger partial charge in [-0.15, -0.1) is 0 Å². The Morgan fingerprint density at radius 1 is 1.55 bits per heavy atom. The summed E-state index contributed by atoms with van der Waals surface area (Å²) in [6.45, 7) is 5.96. The molecule has 1 aliphatic heterocycles. The Bertz CT molecular complexity index is 133. The maximum atomic E-state index is 9.37. The van der Waals surface area contributed by atoms with Gasteiger partial charge in [0.05, 0.1) is 11.0 Å². The number of likely N-dealkylation sites (tertiary alicyclic amines) is 1. The van der Waals surface area contributed by atoms with Crippen molar-refractivity contribution >= 4 is 12.6 Å². The highest BCUT2D eigenvalue weighted by Crippen LogP contribution is 2.23. The van der Waals surface area contributed by atoms with Crippen LogP contribution in [0.15, 0.2) is 0 Å². The minimum Gasteiger partial charge on any atom is -0.392 e. The van der Waals surface area contributed by atoms with Crippen LogP contribution in [0.2, 0.25) is 0 Å². The summed E-state index contributed by atoms with van der Waals surface area (Å²) >= 11 is 4.45. The lowest BCUT2D eigenvalue weighted by atomic mass is 10.1. The van der Waals surface area contributed by atoms with Crippen LogP contribution in [0.5, 0.6) is 0 Å². The van der Waals surface area contributed by atoms with Crippen LogP contribution in [0.25, 0.3) is 0 Å². The molecule has 66 valence electrons. The Balaban J connectivity index is 2.46. The molecular formula is C8H17NOS. The van der Waals surface area contributed by atoms with Crippen LogP contribution in [0.3, 0.4) is 0 Å². The fourth-order valence-electron chi connectivity index (χ4n) is 1.45. The number of β-amino-alcohol motifs (C(OH)–C–C–N with tert-alkyl or cyclic N) is 1. The monoisotopic (exact) mass is 175 g/mol. The fraction of sp³-hybridized carbons (Fsp3) is 1.00. The van der Waals surface area contributed by atoms with Gasteiger partial charge in [-0.2, -0.15) is 12.6 Å². The zero-order valence-electron chi connectivity index (χ0n) is 7.25. The van der Waals surface area contributed by atoms with Crippen molar-refractivity contribution in [2.24, 2.45) is 0 Å². The lowest BCUT2D eigenvalue weighted by Crippen LogP contribution is -2.47. The fourth-order valence-corrected chi connectivity index (χ4v) is 1.63. The SMILES string of the molecule is CC(C)(S)N1CCCC(O)C1. The van der Waals surface area contributed by atoms with E-state index in [1.54, 1.807) is 0 Å². The van der Waals surface area contributed by atoms with E-state index in [-0.39, 0.29) is 11.0 Å². The molecule has 0 radical (unpaired) electrons. The number of nitrogens with zero attached hydrogens (tertiary/aromatic N) is 1. The van der Waals surface area contributed by atoms with Crippen LogP contribution in [0, 0.1) is 0 Å². The smallest absolute Gasteiger partial charge is 0.0668 e. The van der Waals surface area contributed by atoms with Gasteiger partial charge in [-0.3, -0.25) is 4.90 Å². The summed E-state index contributed by atoms with van der Waals surface area (Å²) in [5.41, 5.74) is 0. The van der Waals surface area contributed by atoms with Crippen LogP contribution < -0.4 is 0 Å². The largest absolute Gasteiger partial charge is 0.392 e. The van der Waals surface area contributed by atoms with E-state index in [1.165, 1.54) is 0 Å². The molecule has 1 unspecified atom stereocenters. The minimum absolute atomic E-state index is 0.0819. The topological polar surface area (TPSA) is 23.5 Å². The van der Waals surface area contributed by atoms with Gasteiger partial charge in [0.25, 0.3) is 0 Å².